The summed E-state index contributed by atoms with van der Waals surface area (Å²) in [6, 6.07) is 11.5. The highest BCUT2D eigenvalue weighted by Gasteiger charge is 2.35. The van der Waals surface area contributed by atoms with Gasteiger partial charge in [0.1, 0.15) is 11.8 Å². The normalized spacial score (nSPS) is 12.1. The van der Waals surface area contributed by atoms with Crippen molar-refractivity contribution in [2.24, 2.45) is 7.05 Å². The first-order valence-corrected chi connectivity index (χ1v) is 13.4. The number of carboxylic acid groups (broad SMARTS) is 1. The Labute approximate surface area is 257 Å². The Balaban J connectivity index is 1.58. The number of carboxylic acids is 1. The Hall–Kier alpha value is -5.44. The number of ether oxygens (including phenoxy) is 1. The minimum absolute atomic E-state index is 0.0100. The number of carbonyl (C=O) groups is 2. The molecule has 1 amide bonds. The minimum atomic E-state index is -4.73. The van der Waals surface area contributed by atoms with Gasteiger partial charge in [0.2, 0.25) is 5.91 Å². The van der Waals surface area contributed by atoms with Crippen molar-refractivity contribution in [2.45, 2.75) is 18.6 Å². The zero-order chi connectivity index (χ0) is 32.5. The van der Waals surface area contributed by atoms with Crippen molar-refractivity contribution >= 4 is 29.2 Å². The highest BCUT2D eigenvalue weighted by Crippen LogP contribution is 2.36. The summed E-state index contributed by atoms with van der Waals surface area (Å²) in [4.78, 5) is 38.5. The molecule has 5 rings (SSSR count). The quantitative estimate of drug-likeness (QED) is 0.237. The molecule has 2 aromatic carbocycles. The number of aromatic carboxylic acids is 1. The number of aromatic nitrogens is 6. The number of alkyl halides is 3. The summed E-state index contributed by atoms with van der Waals surface area (Å²) in [7, 11) is 3.02. The third kappa shape index (κ3) is 6.72. The van der Waals surface area contributed by atoms with Crippen molar-refractivity contribution in [1.82, 2.24) is 29.3 Å². The van der Waals surface area contributed by atoms with Crippen LogP contribution in [0.5, 0.6) is 5.75 Å². The fourth-order valence-corrected chi connectivity index (χ4v) is 4.76. The highest BCUT2D eigenvalue weighted by atomic mass is 35.5. The molecule has 0 unspecified atom stereocenters. The molecule has 0 aliphatic carbocycles. The number of pyridine rings is 1. The maximum Gasteiger partial charge on any atom is 0.436 e. The minimum Gasteiger partial charge on any atom is -0.495 e. The molecule has 2 N–H and O–H groups in total. The number of nitrogens with one attached hydrogen (secondary N) is 1. The van der Waals surface area contributed by atoms with Crippen molar-refractivity contribution in [3.05, 3.63) is 106 Å². The Morgan fingerprint density at radius 2 is 1.80 bits per heavy atom. The fourth-order valence-electron chi connectivity index (χ4n) is 4.59. The lowest BCUT2D eigenvalue weighted by atomic mass is 10.0. The average molecular weight is 642 g/mol. The Morgan fingerprint density at radius 1 is 1.07 bits per heavy atom. The summed E-state index contributed by atoms with van der Waals surface area (Å²) in [5.41, 5.74) is -0.538. The van der Waals surface area contributed by atoms with Crippen LogP contribution in [0.1, 0.15) is 27.8 Å². The number of methoxy groups -OCH3 is 1. The van der Waals surface area contributed by atoms with Gasteiger partial charge in [-0.05, 0) is 48.5 Å². The molecule has 45 heavy (non-hydrogen) atoms. The highest BCUT2D eigenvalue weighted by molar-refractivity contribution is 6.31. The predicted molar refractivity (Wildman–Crippen MR) is 156 cm³/mol. The van der Waals surface area contributed by atoms with Crippen molar-refractivity contribution in [2.75, 3.05) is 12.4 Å². The van der Waals surface area contributed by atoms with Crippen LogP contribution in [-0.4, -0.2) is 53.4 Å². The van der Waals surface area contributed by atoms with E-state index in [0.29, 0.717) is 17.6 Å². The van der Waals surface area contributed by atoms with Gasteiger partial charge < -0.3 is 15.2 Å². The first-order chi connectivity index (χ1) is 21.3. The second-order valence-corrected chi connectivity index (χ2v) is 10.2. The molecule has 0 saturated heterocycles. The van der Waals surface area contributed by atoms with Gasteiger partial charge in [-0.2, -0.15) is 18.3 Å². The molecule has 12 nitrogen and oxygen atoms in total. The van der Waals surface area contributed by atoms with Crippen LogP contribution in [0, 0.1) is 0 Å². The van der Waals surface area contributed by atoms with Crippen molar-refractivity contribution in [3.8, 4) is 22.6 Å². The van der Waals surface area contributed by atoms with Crippen molar-refractivity contribution < 1.29 is 32.6 Å². The summed E-state index contributed by atoms with van der Waals surface area (Å²) in [5.74, 6) is -1.64. The summed E-state index contributed by atoms with van der Waals surface area (Å²) in [5, 5.41) is 23.2. The zero-order valence-electron chi connectivity index (χ0n) is 23.5. The summed E-state index contributed by atoms with van der Waals surface area (Å²) in [6.07, 6.45) is -1.05. The molecule has 0 saturated carbocycles. The zero-order valence-corrected chi connectivity index (χ0v) is 24.2. The fraction of sp³-hybridized carbons (Fsp3) is 0.172. The standard InChI is InChI=1S/C29H23ClF3N7O5/c1-38-10-9-19(36-38)12-23(27(42)34-18-6-3-16(4-7-18)28(43)44)39-14-24(45-2)21(13-26(39)41)20-11-17(30)5-8-22(20)40-15-25(35-37-40)29(31,32)33/h3-11,13-15,23H,12H2,1-2H3,(H,34,42)(H,43,44)/t23-/m0/s1. The number of amides is 1. The molecular weight excluding hydrogens is 619 g/mol. The van der Waals surface area contributed by atoms with Gasteiger partial charge in [0, 0.05) is 47.6 Å². The van der Waals surface area contributed by atoms with Crippen LogP contribution in [0.25, 0.3) is 16.8 Å². The Bertz CT molecular complexity index is 1950. The van der Waals surface area contributed by atoms with E-state index in [0.717, 1.165) is 9.25 Å². The average Bonchev–Trinajstić information content (AvgIpc) is 3.65. The molecule has 232 valence electrons. The second kappa shape index (κ2) is 12.3. The molecule has 3 heterocycles. The van der Waals surface area contributed by atoms with Crippen LogP contribution in [0.3, 0.4) is 0 Å². The van der Waals surface area contributed by atoms with Crippen LogP contribution in [0.2, 0.25) is 5.02 Å². The molecule has 0 fully saturated rings. The number of rotatable bonds is 9. The van der Waals surface area contributed by atoms with Crippen LogP contribution < -0.4 is 15.6 Å². The molecule has 0 bridgehead atoms. The largest absolute Gasteiger partial charge is 0.495 e. The summed E-state index contributed by atoms with van der Waals surface area (Å²) in [6.45, 7) is 0. The number of hydrogen-bond donors (Lipinski definition) is 2. The number of benzene rings is 2. The monoisotopic (exact) mass is 641 g/mol. The van der Waals surface area contributed by atoms with E-state index in [1.807, 2.05) is 0 Å². The summed E-state index contributed by atoms with van der Waals surface area (Å²) >= 11 is 6.24. The van der Waals surface area contributed by atoms with E-state index in [1.54, 1.807) is 19.3 Å². The molecule has 0 radical (unpaired) electrons. The van der Waals surface area contributed by atoms with Crippen LogP contribution in [-0.2, 0) is 24.4 Å². The molecule has 16 heteroatoms. The number of nitrogens with zero attached hydrogens (tertiary/aromatic N) is 6. The van der Waals surface area contributed by atoms with E-state index in [1.165, 1.54) is 66.5 Å². The lowest BCUT2D eigenvalue weighted by molar-refractivity contribution is -0.141. The molecule has 0 spiro atoms. The number of halogens is 4. The van der Waals surface area contributed by atoms with E-state index in [9.17, 15) is 27.6 Å². The van der Waals surface area contributed by atoms with Crippen molar-refractivity contribution in [3.63, 3.8) is 0 Å². The van der Waals surface area contributed by atoms with E-state index >= 15 is 0 Å². The van der Waals surface area contributed by atoms with Crippen LogP contribution in [0.15, 0.2) is 78.0 Å². The van der Waals surface area contributed by atoms with Gasteiger partial charge in [-0.25, -0.2) is 9.48 Å². The summed E-state index contributed by atoms with van der Waals surface area (Å²) < 4.78 is 48.9. The second-order valence-electron chi connectivity index (χ2n) is 9.78. The molecule has 5 aromatic rings. The lowest BCUT2D eigenvalue weighted by Crippen LogP contribution is -2.34. The van der Waals surface area contributed by atoms with Gasteiger partial charge in [-0.15, -0.1) is 5.10 Å². The molecular formula is C29H23ClF3N7O5. The van der Waals surface area contributed by atoms with Gasteiger partial charge in [0.25, 0.3) is 5.56 Å². The molecule has 1 atom stereocenters. The van der Waals surface area contributed by atoms with E-state index < -0.39 is 35.3 Å². The molecule has 3 aromatic heterocycles. The number of aryl methyl sites for hydroxylation is 1. The topological polar surface area (TPSA) is 146 Å². The van der Waals surface area contributed by atoms with Crippen LogP contribution >= 0.6 is 11.6 Å². The van der Waals surface area contributed by atoms with Gasteiger partial charge >= 0.3 is 12.1 Å². The van der Waals surface area contributed by atoms with E-state index in [2.05, 4.69) is 20.7 Å². The number of hydrogen-bond acceptors (Lipinski definition) is 7. The first-order valence-electron chi connectivity index (χ1n) is 13.1. The maximum absolute atomic E-state index is 13.7. The Morgan fingerprint density at radius 3 is 2.40 bits per heavy atom. The SMILES string of the molecule is COc1cn([C@@H](Cc2ccn(C)n2)C(=O)Nc2ccc(C(=O)O)cc2)c(=O)cc1-c1cc(Cl)ccc1-n1cc(C(F)(F)F)nn1. The van der Waals surface area contributed by atoms with Gasteiger partial charge in [0.05, 0.1) is 36.4 Å². The molecule has 0 aliphatic heterocycles. The molecule has 0 aliphatic rings. The third-order valence-electron chi connectivity index (χ3n) is 6.75. The van der Waals surface area contributed by atoms with Crippen LogP contribution in [0.4, 0.5) is 18.9 Å². The Kier molecular flexibility index (Phi) is 8.46. The lowest BCUT2D eigenvalue weighted by Gasteiger charge is -2.21. The maximum atomic E-state index is 13.7. The third-order valence-corrected chi connectivity index (χ3v) is 6.99. The van der Waals surface area contributed by atoms with Gasteiger partial charge in [0.15, 0.2) is 5.69 Å². The van der Waals surface area contributed by atoms with Gasteiger partial charge in [-0.1, -0.05) is 16.8 Å². The van der Waals surface area contributed by atoms with E-state index in [-0.39, 0.29) is 39.6 Å². The van der Waals surface area contributed by atoms with Crippen molar-refractivity contribution in [1.29, 1.82) is 0 Å². The predicted octanol–water partition coefficient (Wildman–Crippen LogP) is 4.63. The van der Waals surface area contributed by atoms with E-state index in [4.69, 9.17) is 21.4 Å². The smallest absolute Gasteiger partial charge is 0.436 e. The first kappa shape index (κ1) is 31.0. The number of carbonyl (C=O) groups excluding carboxylic acids is 1. The number of anilines is 1. The van der Waals surface area contributed by atoms with Gasteiger partial charge in [-0.3, -0.25) is 18.8 Å².